The Morgan fingerprint density at radius 3 is 2.29 bits per heavy atom. The number of methoxy groups -OCH3 is 2. The van der Waals surface area contributed by atoms with E-state index in [0.29, 0.717) is 34.0 Å². The number of nitrogens with zero attached hydrogens (tertiary/aromatic N) is 2. The Balaban J connectivity index is 1.88. The Labute approximate surface area is 189 Å². The van der Waals surface area contributed by atoms with E-state index < -0.39 is 5.97 Å². The summed E-state index contributed by atoms with van der Waals surface area (Å²) in [5, 5.41) is 5.70. The van der Waals surface area contributed by atoms with Gasteiger partial charge >= 0.3 is 5.97 Å². The molecule has 0 saturated heterocycles. The number of anilines is 1. The molecule has 3 rings (SSSR count). The fraction of sp³-hybridized carbons (Fsp3) is 0.261. The van der Waals surface area contributed by atoms with Crippen molar-refractivity contribution in [2.45, 2.75) is 26.9 Å². The van der Waals surface area contributed by atoms with Gasteiger partial charge in [0.15, 0.2) is 11.5 Å². The fourth-order valence-corrected chi connectivity index (χ4v) is 3.45. The number of halogens is 1. The summed E-state index contributed by atoms with van der Waals surface area (Å²) in [6.07, 6.45) is 1.55. The minimum absolute atomic E-state index is 0.205. The van der Waals surface area contributed by atoms with E-state index in [4.69, 9.17) is 14.2 Å². The highest BCUT2D eigenvalue weighted by atomic mass is 79.9. The summed E-state index contributed by atoms with van der Waals surface area (Å²) in [4.78, 5) is 25.1. The molecule has 2 aromatic rings. The van der Waals surface area contributed by atoms with Crippen LogP contribution >= 0.6 is 15.9 Å². The number of amides is 1. The maximum absolute atomic E-state index is 13.1. The van der Waals surface area contributed by atoms with Crippen molar-refractivity contribution in [2.24, 2.45) is 5.10 Å². The molecule has 1 aliphatic heterocycles. The smallest absolute Gasteiger partial charge is 0.338 e. The molecule has 8 heteroatoms. The van der Waals surface area contributed by atoms with Crippen LogP contribution in [0.3, 0.4) is 0 Å². The van der Waals surface area contributed by atoms with Crippen LogP contribution in [0.25, 0.3) is 6.08 Å². The van der Waals surface area contributed by atoms with Crippen molar-refractivity contribution in [1.82, 2.24) is 0 Å². The number of carbonyl (C=O) groups excluding carboxylic acids is 2. The predicted molar refractivity (Wildman–Crippen MR) is 123 cm³/mol. The van der Waals surface area contributed by atoms with E-state index in [0.717, 1.165) is 10.0 Å². The Morgan fingerprint density at radius 2 is 1.71 bits per heavy atom. The first kappa shape index (κ1) is 22.6. The van der Waals surface area contributed by atoms with Crippen molar-refractivity contribution in [3.05, 3.63) is 57.6 Å². The van der Waals surface area contributed by atoms with Crippen LogP contribution in [0, 0.1) is 0 Å². The molecular weight excluding hydrogens is 464 g/mol. The van der Waals surface area contributed by atoms with Gasteiger partial charge in [0, 0.05) is 4.47 Å². The number of benzene rings is 2. The number of hydrogen-bond acceptors (Lipinski definition) is 6. The molecule has 31 heavy (non-hydrogen) atoms. The molecule has 0 saturated carbocycles. The van der Waals surface area contributed by atoms with E-state index in [9.17, 15) is 9.59 Å². The van der Waals surface area contributed by atoms with Crippen molar-refractivity contribution in [3.63, 3.8) is 0 Å². The molecule has 1 heterocycles. The van der Waals surface area contributed by atoms with E-state index in [1.807, 2.05) is 0 Å². The highest BCUT2D eigenvalue weighted by Gasteiger charge is 2.29. The zero-order valence-corrected chi connectivity index (χ0v) is 19.5. The van der Waals surface area contributed by atoms with E-state index in [1.165, 1.54) is 5.01 Å². The van der Waals surface area contributed by atoms with Gasteiger partial charge in [-0.1, -0.05) is 15.9 Å². The predicted octanol–water partition coefficient (Wildman–Crippen LogP) is 4.84. The lowest BCUT2D eigenvalue weighted by molar-refractivity contribution is -0.114. The van der Waals surface area contributed by atoms with E-state index in [2.05, 4.69) is 21.0 Å². The van der Waals surface area contributed by atoms with Crippen LogP contribution in [-0.4, -0.2) is 37.9 Å². The summed E-state index contributed by atoms with van der Waals surface area (Å²) in [6, 6.07) is 10.1. The first-order valence-electron chi connectivity index (χ1n) is 9.59. The molecule has 0 radical (unpaired) electrons. The Bertz CT molecular complexity index is 1070. The summed E-state index contributed by atoms with van der Waals surface area (Å²) in [7, 11) is 3.11. The molecule has 0 unspecified atom stereocenters. The quantitative estimate of drug-likeness (QED) is 0.431. The highest BCUT2D eigenvalue weighted by Crippen LogP contribution is 2.35. The number of ether oxygens (including phenoxy) is 3. The summed E-state index contributed by atoms with van der Waals surface area (Å²) in [6.45, 7) is 5.35. The zero-order chi connectivity index (χ0) is 22.7. The molecule has 1 amide bonds. The van der Waals surface area contributed by atoms with Crippen molar-refractivity contribution >= 4 is 45.3 Å². The Hall–Kier alpha value is -3.13. The lowest BCUT2D eigenvalue weighted by Gasteiger charge is -2.13. The number of carbonyl (C=O) groups is 2. The maximum atomic E-state index is 13.1. The molecule has 0 bridgehead atoms. The van der Waals surface area contributed by atoms with E-state index >= 15 is 0 Å². The van der Waals surface area contributed by atoms with Crippen LogP contribution in [0.1, 0.15) is 36.7 Å². The number of hydrazone groups is 1. The SMILES string of the molecule is COc1cc(Br)c(C=C2C(=O)N(c3ccc(C(=O)OC(C)C)cc3)N=C2C)cc1OC. The minimum Gasteiger partial charge on any atom is -0.493 e. The average Bonchev–Trinajstić information content (AvgIpc) is 3.02. The molecule has 0 N–H and O–H groups in total. The number of esters is 1. The van der Waals surface area contributed by atoms with Crippen LogP contribution in [0.15, 0.2) is 51.5 Å². The van der Waals surface area contributed by atoms with Crippen LogP contribution < -0.4 is 14.5 Å². The molecule has 0 atom stereocenters. The van der Waals surface area contributed by atoms with E-state index in [1.54, 1.807) is 77.5 Å². The normalized spacial score (nSPS) is 14.8. The van der Waals surface area contributed by atoms with Gasteiger partial charge in [0.25, 0.3) is 5.91 Å². The molecular formula is C23H23BrN2O5. The third kappa shape index (κ3) is 4.80. The summed E-state index contributed by atoms with van der Waals surface area (Å²) >= 11 is 3.51. The van der Waals surface area contributed by atoms with Crippen LogP contribution in [0.5, 0.6) is 11.5 Å². The monoisotopic (exact) mass is 486 g/mol. The van der Waals surface area contributed by atoms with Gasteiger partial charge in [-0.3, -0.25) is 4.79 Å². The van der Waals surface area contributed by atoms with Crippen molar-refractivity contribution in [3.8, 4) is 11.5 Å². The first-order valence-corrected chi connectivity index (χ1v) is 10.4. The average molecular weight is 487 g/mol. The van der Waals surface area contributed by atoms with Crippen molar-refractivity contribution in [2.75, 3.05) is 19.2 Å². The van der Waals surface area contributed by atoms with Crippen molar-refractivity contribution < 1.29 is 23.8 Å². The van der Waals surface area contributed by atoms with Crippen LogP contribution in [0.2, 0.25) is 0 Å². The molecule has 0 fully saturated rings. The van der Waals surface area contributed by atoms with Gasteiger partial charge in [0.2, 0.25) is 0 Å². The molecule has 0 spiro atoms. The van der Waals surface area contributed by atoms with Gasteiger partial charge in [0.05, 0.1) is 42.9 Å². The Kier molecular flexibility index (Phi) is 6.80. The van der Waals surface area contributed by atoms with Gasteiger partial charge in [-0.25, -0.2) is 4.79 Å². The molecule has 0 aliphatic carbocycles. The molecule has 0 aromatic heterocycles. The lowest BCUT2D eigenvalue weighted by Crippen LogP contribution is -2.21. The highest BCUT2D eigenvalue weighted by molar-refractivity contribution is 9.10. The van der Waals surface area contributed by atoms with Gasteiger partial charge < -0.3 is 14.2 Å². The first-order chi connectivity index (χ1) is 14.7. The second-order valence-electron chi connectivity index (χ2n) is 7.09. The third-order valence-electron chi connectivity index (χ3n) is 4.56. The van der Waals surface area contributed by atoms with Crippen LogP contribution in [0.4, 0.5) is 5.69 Å². The molecule has 1 aliphatic rings. The summed E-state index contributed by atoms with van der Waals surface area (Å²) < 4.78 is 16.6. The van der Waals surface area contributed by atoms with Gasteiger partial charge in [0.1, 0.15) is 0 Å². The fourth-order valence-electron chi connectivity index (χ4n) is 3.02. The largest absolute Gasteiger partial charge is 0.493 e. The number of hydrogen-bond donors (Lipinski definition) is 0. The Morgan fingerprint density at radius 1 is 1.10 bits per heavy atom. The van der Waals surface area contributed by atoms with Gasteiger partial charge in [-0.15, -0.1) is 0 Å². The molecule has 7 nitrogen and oxygen atoms in total. The lowest BCUT2D eigenvalue weighted by atomic mass is 10.1. The maximum Gasteiger partial charge on any atom is 0.338 e. The van der Waals surface area contributed by atoms with Gasteiger partial charge in [-0.2, -0.15) is 10.1 Å². The van der Waals surface area contributed by atoms with Crippen molar-refractivity contribution in [1.29, 1.82) is 0 Å². The second-order valence-corrected chi connectivity index (χ2v) is 7.94. The summed E-state index contributed by atoms with van der Waals surface area (Å²) in [5.41, 5.74) is 2.76. The summed E-state index contributed by atoms with van der Waals surface area (Å²) in [5.74, 6) is 0.459. The zero-order valence-electron chi connectivity index (χ0n) is 17.9. The van der Waals surface area contributed by atoms with Crippen LogP contribution in [-0.2, 0) is 9.53 Å². The molecule has 2 aromatic carbocycles. The molecule has 162 valence electrons. The van der Waals surface area contributed by atoms with Gasteiger partial charge in [-0.05, 0) is 68.8 Å². The topological polar surface area (TPSA) is 77.4 Å². The minimum atomic E-state index is -0.409. The van der Waals surface area contributed by atoms with E-state index in [-0.39, 0.29) is 12.0 Å². The third-order valence-corrected chi connectivity index (χ3v) is 5.24. The number of rotatable bonds is 6. The standard InChI is InChI=1S/C23H23BrN2O5/c1-13(2)31-23(28)15-6-8-17(9-7-15)26-22(27)18(14(3)25-26)10-16-11-20(29-4)21(30-5)12-19(16)24/h6-13H,1-5H3. The second kappa shape index (κ2) is 9.34.